The number of nitrogens with one attached hydrogen (secondary N) is 1. The molecular formula is C13H20N4OS. The van der Waals surface area contributed by atoms with Crippen LogP contribution in [0.15, 0.2) is 0 Å². The predicted octanol–water partition coefficient (Wildman–Crippen LogP) is 1.71. The average Bonchev–Trinajstić information content (AvgIpc) is 2.71. The number of anilines is 2. The Morgan fingerprint density at radius 1 is 1.63 bits per heavy atom. The third-order valence-corrected chi connectivity index (χ3v) is 3.70. The molecule has 1 amide bonds. The van der Waals surface area contributed by atoms with Crippen LogP contribution in [-0.2, 0) is 0 Å². The molecule has 1 aromatic rings. The molecule has 0 radical (unpaired) electrons. The first-order valence-electron chi connectivity index (χ1n) is 6.08. The number of rotatable bonds is 5. The van der Waals surface area contributed by atoms with Gasteiger partial charge < -0.3 is 16.0 Å². The van der Waals surface area contributed by atoms with Crippen molar-refractivity contribution < 1.29 is 4.79 Å². The maximum atomic E-state index is 12.1. The summed E-state index contributed by atoms with van der Waals surface area (Å²) in [5, 5.41) is 3.48. The summed E-state index contributed by atoms with van der Waals surface area (Å²) in [6.07, 6.45) is 6.35. The van der Waals surface area contributed by atoms with Crippen molar-refractivity contribution in [3.05, 3.63) is 4.88 Å². The summed E-state index contributed by atoms with van der Waals surface area (Å²) in [7, 11) is 1.93. The quantitative estimate of drug-likeness (QED) is 0.806. The number of carbonyl (C=O) groups excluding carboxylic acids is 1. The summed E-state index contributed by atoms with van der Waals surface area (Å²) in [6.45, 7) is 6.46. The van der Waals surface area contributed by atoms with E-state index in [0.717, 1.165) is 18.1 Å². The van der Waals surface area contributed by atoms with Gasteiger partial charge in [-0.05, 0) is 20.3 Å². The molecule has 5 nitrogen and oxygen atoms in total. The minimum Gasteiger partial charge on any atom is -0.382 e. The molecule has 0 bridgehead atoms. The van der Waals surface area contributed by atoms with Gasteiger partial charge in [-0.25, -0.2) is 4.98 Å². The van der Waals surface area contributed by atoms with E-state index in [-0.39, 0.29) is 11.7 Å². The molecule has 0 fully saturated rings. The first kappa shape index (κ1) is 15.3. The lowest BCUT2D eigenvalue weighted by atomic mass is 10.1. The summed E-state index contributed by atoms with van der Waals surface area (Å²) in [6, 6.07) is 0. The summed E-state index contributed by atoms with van der Waals surface area (Å²) in [5.74, 6) is 2.47. The molecule has 0 unspecified atom stereocenters. The minimum absolute atomic E-state index is 0.244. The van der Waals surface area contributed by atoms with Gasteiger partial charge in [-0.15, -0.1) is 6.42 Å². The second-order valence-corrected chi connectivity index (χ2v) is 5.83. The molecule has 0 spiro atoms. The molecule has 0 aliphatic heterocycles. The molecule has 6 heteroatoms. The molecule has 3 N–H and O–H groups in total. The molecule has 0 saturated heterocycles. The van der Waals surface area contributed by atoms with Crippen molar-refractivity contribution in [3.63, 3.8) is 0 Å². The van der Waals surface area contributed by atoms with Crippen molar-refractivity contribution in [1.82, 2.24) is 10.3 Å². The zero-order valence-corrected chi connectivity index (χ0v) is 12.6. The summed E-state index contributed by atoms with van der Waals surface area (Å²) < 4.78 is 0. The van der Waals surface area contributed by atoms with Crippen molar-refractivity contribution in [2.45, 2.75) is 32.7 Å². The Kier molecular flexibility index (Phi) is 4.78. The van der Waals surface area contributed by atoms with Gasteiger partial charge in [-0.3, -0.25) is 4.79 Å². The van der Waals surface area contributed by atoms with Crippen LogP contribution in [0, 0.1) is 12.3 Å². The van der Waals surface area contributed by atoms with E-state index < -0.39 is 5.54 Å². The Balaban J connectivity index is 2.91. The summed E-state index contributed by atoms with van der Waals surface area (Å²) >= 11 is 1.28. The molecular weight excluding hydrogens is 260 g/mol. The van der Waals surface area contributed by atoms with E-state index in [9.17, 15) is 4.79 Å². The van der Waals surface area contributed by atoms with Gasteiger partial charge in [-0.1, -0.05) is 24.2 Å². The number of thiazole rings is 1. The van der Waals surface area contributed by atoms with Crippen molar-refractivity contribution in [1.29, 1.82) is 0 Å². The molecule has 104 valence electrons. The normalized spacial score (nSPS) is 10.9. The van der Waals surface area contributed by atoms with Gasteiger partial charge in [0.1, 0.15) is 10.7 Å². The molecule has 1 heterocycles. The molecule has 0 saturated carbocycles. The van der Waals surface area contributed by atoms with Crippen molar-refractivity contribution in [2.24, 2.45) is 0 Å². The number of amides is 1. The van der Waals surface area contributed by atoms with E-state index in [4.69, 9.17) is 12.2 Å². The second-order valence-electron chi connectivity index (χ2n) is 4.86. The Bertz CT molecular complexity index is 501. The highest BCUT2D eigenvalue weighted by Crippen LogP contribution is 2.27. The lowest BCUT2D eigenvalue weighted by Gasteiger charge is -2.18. The Morgan fingerprint density at radius 2 is 2.26 bits per heavy atom. The van der Waals surface area contributed by atoms with E-state index in [0.29, 0.717) is 4.88 Å². The third kappa shape index (κ3) is 3.86. The SMILES string of the molecule is C#CC(C)(C)NC(=O)c1sc(N(C)CCC)nc1N. The van der Waals surface area contributed by atoms with Gasteiger partial charge in [0.15, 0.2) is 5.13 Å². The zero-order valence-electron chi connectivity index (χ0n) is 11.8. The van der Waals surface area contributed by atoms with Gasteiger partial charge in [0.05, 0.1) is 5.54 Å². The second kappa shape index (κ2) is 5.93. The smallest absolute Gasteiger partial charge is 0.266 e. The first-order valence-corrected chi connectivity index (χ1v) is 6.90. The maximum absolute atomic E-state index is 12.1. The molecule has 1 rings (SSSR count). The third-order valence-electron chi connectivity index (χ3n) is 2.52. The topological polar surface area (TPSA) is 71.2 Å². The van der Waals surface area contributed by atoms with Crippen LogP contribution in [0.3, 0.4) is 0 Å². The zero-order chi connectivity index (χ0) is 14.6. The van der Waals surface area contributed by atoms with E-state index in [1.54, 1.807) is 13.8 Å². The fraction of sp³-hybridized carbons (Fsp3) is 0.538. The Labute approximate surface area is 118 Å². The Hall–Kier alpha value is -1.74. The lowest BCUT2D eigenvalue weighted by molar-refractivity contribution is 0.0934. The van der Waals surface area contributed by atoms with Crippen LogP contribution in [0.4, 0.5) is 10.9 Å². The minimum atomic E-state index is -0.705. The standard InChI is InChI=1S/C13H20N4OS/c1-6-8-17(5)12-15-10(14)9(19-12)11(18)16-13(3,4)7-2/h2H,6,8,14H2,1,3-5H3,(H,16,18). The molecule has 0 atom stereocenters. The number of hydrogen-bond donors (Lipinski definition) is 2. The van der Waals surface area contributed by atoms with Crippen LogP contribution in [0.25, 0.3) is 0 Å². The van der Waals surface area contributed by atoms with Crippen molar-refractivity contribution >= 4 is 28.2 Å². The number of nitrogens with zero attached hydrogens (tertiary/aromatic N) is 2. The number of carbonyl (C=O) groups is 1. The van der Waals surface area contributed by atoms with Crippen LogP contribution in [0.2, 0.25) is 0 Å². The molecule has 19 heavy (non-hydrogen) atoms. The molecule has 0 aliphatic rings. The number of terminal acetylenes is 1. The monoisotopic (exact) mass is 280 g/mol. The van der Waals surface area contributed by atoms with Gasteiger partial charge in [0.2, 0.25) is 0 Å². The predicted molar refractivity (Wildman–Crippen MR) is 80.5 cm³/mol. The lowest BCUT2D eigenvalue weighted by Crippen LogP contribution is -2.42. The van der Waals surface area contributed by atoms with Crippen LogP contribution in [0.1, 0.15) is 36.9 Å². The van der Waals surface area contributed by atoms with Crippen LogP contribution in [-0.4, -0.2) is 30.0 Å². The van der Waals surface area contributed by atoms with E-state index in [1.165, 1.54) is 11.3 Å². The molecule has 0 aliphatic carbocycles. The van der Waals surface area contributed by atoms with Crippen molar-refractivity contribution in [3.8, 4) is 12.3 Å². The van der Waals surface area contributed by atoms with Gasteiger partial charge in [-0.2, -0.15) is 0 Å². The van der Waals surface area contributed by atoms with E-state index in [1.807, 2.05) is 11.9 Å². The highest BCUT2D eigenvalue weighted by molar-refractivity contribution is 7.18. The van der Waals surface area contributed by atoms with Crippen LogP contribution >= 0.6 is 11.3 Å². The average molecular weight is 280 g/mol. The van der Waals surface area contributed by atoms with Crippen LogP contribution < -0.4 is 16.0 Å². The number of aromatic nitrogens is 1. The fourth-order valence-electron chi connectivity index (χ4n) is 1.45. The van der Waals surface area contributed by atoms with E-state index in [2.05, 4.69) is 23.1 Å². The van der Waals surface area contributed by atoms with Gasteiger partial charge in [0.25, 0.3) is 5.91 Å². The van der Waals surface area contributed by atoms with E-state index >= 15 is 0 Å². The molecule has 1 aromatic heterocycles. The van der Waals surface area contributed by atoms with Crippen LogP contribution in [0.5, 0.6) is 0 Å². The fourth-order valence-corrected chi connectivity index (χ4v) is 2.32. The first-order chi connectivity index (χ1) is 8.80. The largest absolute Gasteiger partial charge is 0.382 e. The summed E-state index contributed by atoms with van der Waals surface area (Å²) in [5.41, 5.74) is 5.09. The van der Waals surface area contributed by atoms with Gasteiger partial charge >= 0.3 is 0 Å². The van der Waals surface area contributed by atoms with Crippen molar-refractivity contribution in [2.75, 3.05) is 24.2 Å². The Morgan fingerprint density at radius 3 is 2.79 bits per heavy atom. The number of nitrogens with two attached hydrogens (primary N) is 1. The number of nitrogen functional groups attached to an aromatic ring is 1. The highest BCUT2D eigenvalue weighted by Gasteiger charge is 2.23. The maximum Gasteiger partial charge on any atom is 0.266 e. The van der Waals surface area contributed by atoms with Gasteiger partial charge in [0, 0.05) is 13.6 Å². The number of hydrogen-bond acceptors (Lipinski definition) is 5. The summed E-state index contributed by atoms with van der Waals surface area (Å²) in [4.78, 5) is 18.7. The molecule has 0 aromatic carbocycles. The highest BCUT2D eigenvalue weighted by atomic mass is 32.1.